The molecule has 0 aliphatic heterocycles. The number of pyridine rings is 1. The summed E-state index contributed by atoms with van der Waals surface area (Å²) in [5.74, 6) is 0.467. The molecule has 2 aromatic heterocycles. The number of fused-ring (bicyclic) bond motifs is 2. The first-order valence-electron chi connectivity index (χ1n) is 18.5. The van der Waals surface area contributed by atoms with Crippen molar-refractivity contribution in [1.29, 1.82) is 0 Å². The van der Waals surface area contributed by atoms with E-state index in [4.69, 9.17) is 14.4 Å². The van der Waals surface area contributed by atoms with E-state index >= 15 is 0 Å². The topological polar surface area (TPSA) is 62.4 Å². The SMILES string of the molecule is CC(C)(C)c1ccc(O)c(-c2nc3c(-c4[c-]c(-c5cccc6c(-c7ccccc7)ccnc56)ccc4)cc(N(c4ccccc4)c4ccccc4)cc3o2)c1.[Pt]. The van der Waals surface area contributed by atoms with Crippen LogP contribution < -0.4 is 4.90 Å². The number of aromatic nitrogens is 2. The zero-order valence-corrected chi connectivity index (χ0v) is 33.5. The van der Waals surface area contributed by atoms with Crippen LogP contribution in [-0.4, -0.2) is 15.1 Å². The number of phenols is 1. The maximum Gasteiger partial charge on any atom is 0.230 e. The number of benzene rings is 7. The second kappa shape index (κ2) is 15.1. The Morgan fingerprint density at radius 1 is 0.571 bits per heavy atom. The Bertz CT molecular complexity index is 2770. The summed E-state index contributed by atoms with van der Waals surface area (Å²) in [4.78, 5) is 12.2. The van der Waals surface area contributed by atoms with Crippen molar-refractivity contribution in [3.8, 4) is 50.6 Å². The Kier molecular flexibility index (Phi) is 9.88. The molecule has 276 valence electrons. The molecule has 2 heterocycles. The van der Waals surface area contributed by atoms with Crippen molar-refractivity contribution in [2.45, 2.75) is 26.2 Å². The van der Waals surface area contributed by atoms with Gasteiger partial charge in [0.1, 0.15) is 11.3 Å². The molecule has 0 aliphatic carbocycles. The Morgan fingerprint density at radius 3 is 1.89 bits per heavy atom. The fourth-order valence-corrected chi connectivity index (χ4v) is 7.29. The average molecular weight is 908 g/mol. The van der Waals surface area contributed by atoms with Crippen LogP contribution in [0, 0.1) is 6.07 Å². The van der Waals surface area contributed by atoms with Gasteiger partial charge in [0.05, 0.1) is 11.1 Å². The fourth-order valence-electron chi connectivity index (χ4n) is 7.29. The van der Waals surface area contributed by atoms with Gasteiger partial charge in [-0.2, -0.15) is 0 Å². The van der Waals surface area contributed by atoms with Gasteiger partial charge in [-0.3, -0.25) is 4.98 Å². The second-order valence-electron chi connectivity index (χ2n) is 14.8. The van der Waals surface area contributed by atoms with Gasteiger partial charge in [-0.25, -0.2) is 4.98 Å². The predicted octanol–water partition coefficient (Wildman–Crippen LogP) is 13.3. The van der Waals surface area contributed by atoms with E-state index in [0.717, 1.165) is 66.9 Å². The van der Waals surface area contributed by atoms with Crippen molar-refractivity contribution in [3.63, 3.8) is 0 Å². The van der Waals surface area contributed by atoms with Crippen LogP contribution in [0.4, 0.5) is 17.1 Å². The van der Waals surface area contributed by atoms with Crippen molar-refractivity contribution in [1.82, 2.24) is 9.97 Å². The minimum Gasteiger partial charge on any atom is -0.507 e. The quantitative estimate of drug-likeness (QED) is 0.161. The molecule has 0 saturated heterocycles. The summed E-state index contributed by atoms with van der Waals surface area (Å²) >= 11 is 0. The molecular formula is C50H38N3O2Pt-. The van der Waals surface area contributed by atoms with Crippen LogP contribution in [0.2, 0.25) is 0 Å². The van der Waals surface area contributed by atoms with Gasteiger partial charge in [0, 0.05) is 61.3 Å². The Hall–Kier alpha value is -6.29. The molecule has 0 amide bonds. The van der Waals surface area contributed by atoms with Crippen molar-refractivity contribution < 1.29 is 30.6 Å². The maximum absolute atomic E-state index is 11.1. The first-order valence-corrected chi connectivity index (χ1v) is 18.5. The summed E-state index contributed by atoms with van der Waals surface area (Å²) in [5.41, 5.74) is 12.5. The van der Waals surface area contributed by atoms with Crippen LogP contribution in [-0.2, 0) is 26.5 Å². The minimum atomic E-state index is -0.133. The van der Waals surface area contributed by atoms with Crippen LogP contribution in [0.1, 0.15) is 26.3 Å². The van der Waals surface area contributed by atoms with E-state index in [1.54, 1.807) is 6.07 Å². The van der Waals surface area contributed by atoms with Crippen LogP contribution in [0.15, 0.2) is 174 Å². The minimum absolute atomic E-state index is 0. The Balaban J connectivity index is 0.00000441. The summed E-state index contributed by atoms with van der Waals surface area (Å²) < 4.78 is 6.63. The maximum atomic E-state index is 11.1. The van der Waals surface area contributed by atoms with Gasteiger partial charge >= 0.3 is 0 Å². The van der Waals surface area contributed by atoms with Crippen molar-refractivity contribution in [2.75, 3.05) is 4.90 Å². The molecule has 0 atom stereocenters. The predicted molar refractivity (Wildman–Crippen MR) is 225 cm³/mol. The monoisotopic (exact) mass is 907 g/mol. The van der Waals surface area contributed by atoms with E-state index in [0.29, 0.717) is 22.6 Å². The number of aromatic hydroxyl groups is 1. The van der Waals surface area contributed by atoms with Gasteiger partial charge in [-0.05, 0) is 64.6 Å². The first-order chi connectivity index (χ1) is 26.8. The van der Waals surface area contributed by atoms with Gasteiger partial charge < -0.3 is 14.4 Å². The number of phenolic OH excluding ortho intramolecular Hbond substituents is 1. The van der Waals surface area contributed by atoms with E-state index in [-0.39, 0.29) is 32.2 Å². The zero-order valence-electron chi connectivity index (χ0n) is 31.2. The molecule has 5 nitrogen and oxygen atoms in total. The number of anilines is 3. The number of oxazole rings is 1. The van der Waals surface area contributed by atoms with Gasteiger partial charge in [-0.1, -0.05) is 129 Å². The first kappa shape index (κ1) is 36.7. The van der Waals surface area contributed by atoms with Crippen LogP contribution in [0.25, 0.3) is 66.8 Å². The van der Waals surface area contributed by atoms with Gasteiger partial charge in [-0.15, -0.1) is 35.4 Å². The molecule has 56 heavy (non-hydrogen) atoms. The normalized spacial score (nSPS) is 11.4. The molecule has 0 fully saturated rings. The summed E-state index contributed by atoms with van der Waals surface area (Å²) in [5, 5.41) is 12.2. The molecule has 6 heteroatoms. The second-order valence-corrected chi connectivity index (χ2v) is 14.8. The molecule has 0 radical (unpaired) electrons. The van der Waals surface area contributed by atoms with Gasteiger partial charge in [0.2, 0.25) is 5.89 Å². The smallest absolute Gasteiger partial charge is 0.230 e. The van der Waals surface area contributed by atoms with E-state index in [1.165, 1.54) is 0 Å². The van der Waals surface area contributed by atoms with E-state index in [1.807, 2.05) is 66.9 Å². The largest absolute Gasteiger partial charge is 0.507 e. The van der Waals surface area contributed by atoms with Crippen molar-refractivity contribution in [2.24, 2.45) is 0 Å². The Labute approximate surface area is 341 Å². The van der Waals surface area contributed by atoms with Crippen LogP contribution in [0.3, 0.4) is 0 Å². The zero-order chi connectivity index (χ0) is 37.5. The molecule has 0 spiro atoms. The third-order valence-electron chi connectivity index (χ3n) is 10.1. The number of hydrogen-bond donors (Lipinski definition) is 1. The fraction of sp³-hybridized carbons (Fsp3) is 0.0800. The number of rotatable bonds is 7. The third kappa shape index (κ3) is 6.91. The number of hydrogen-bond acceptors (Lipinski definition) is 5. The van der Waals surface area contributed by atoms with Crippen molar-refractivity contribution >= 4 is 39.1 Å². The molecule has 7 aromatic carbocycles. The molecule has 9 rings (SSSR count). The summed E-state index contributed by atoms with van der Waals surface area (Å²) in [7, 11) is 0. The van der Waals surface area contributed by atoms with Crippen LogP contribution >= 0.6 is 0 Å². The number of para-hydroxylation sites is 3. The molecule has 0 aliphatic rings. The number of nitrogens with zero attached hydrogens (tertiary/aromatic N) is 3. The van der Waals surface area contributed by atoms with Crippen LogP contribution in [0.5, 0.6) is 5.75 Å². The summed E-state index contributed by atoms with van der Waals surface area (Å²) in [6.07, 6.45) is 1.88. The molecule has 9 aromatic rings. The standard InChI is InChI=1S/C50H38N3O2.Pt/c1-50(2,3)36-25-26-45(54)44(30-36)49-52-48-43(31-39(32-46(48)55-49)53(37-19-9-5-10-20-37)38-21-11-6-12-22-38)35-18-13-17-34(29-35)41-23-14-24-42-40(27-28-51-47(41)42)33-15-7-4-8-16-33;/h4-28,30-32,54H,1-3H3;/q-1;. The van der Waals surface area contributed by atoms with Crippen molar-refractivity contribution in [3.05, 3.63) is 182 Å². The van der Waals surface area contributed by atoms with E-state index < -0.39 is 0 Å². The van der Waals surface area contributed by atoms with Gasteiger partial charge in [0.25, 0.3) is 0 Å². The molecular weight excluding hydrogens is 870 g/mol. The molecule has 0 unspecified atom stereocenters. The Morgan fingerprint density at radius 2 is 1.21 bits per heavy atom. The third-order valence-corrected chi connectivity index (χ3v) is 10.1. The van der Waals surface area contributed by atoms with E-state index in [2.05, 4.69) is 129 Å². The summed E-state index contributed by atoms with van der Waals surface area (Å²) in [6.45, 7) is 6.45. The molecule has 1 N–H and O–H groups in total. The molecule has 0 bridgehead atoms. The van der Waals surface area contributed by atoms with E-state index in [9.17, 15) is 5.11 Å². The summed E-state index contributed by atoms with van der Waals surface area (Å²) in [6, 6.07) is 59.3. The average Bonchev–Trinajstić information content (AvgIpc) is 3.65. The molecule has 0 saturated carbocycles. The van der Waals surface area contributed by atoms with Gasteiger partial charge in [0.15, 0.2) is 0 Å².